The molecule has 1 amide bonds. The number of nitrogens with zero attached hydrogens (tertiary/aromatic N) is 2. The second-order valence-electron chi connectivity index (χ2n) is 3.91. The van der Waals surface area contributed by atoms with E-state index in [2.05, 4.69) is 5.32 Å². The number of carbonyl (C=O) groups is 2. The summed E-state index contributed by atoms with van der Waals surface area (Å²) in [6.45, 7) is 5.50. The Morgan fingerprint density at radius 1 is 1.33 bits per heavy atom. The highest BCUT2D eigenvalue weighted by atomic mass is 32.1. The van der Waals surface area contributed by atoms with Gasteiger partial charge in [0.15, 0.2) is 5.11 Å². The molecule has 7 heteroatoms. The molecule has 0 saturated carbocycles. The predicted octanol–water partition coefficient (Wildman–Crippen LogP) is 0.283. The summed E-state index contributed by atoms with van der Waals surface area (Å²) < 4.78 is 4.81. The number of rotatable bonds is 4. The van der Waals surface area contributed by atoms with Crippen LogP contribution in [0.2, 0.25) is 0 Å². The zero-order valence-electron chi connectivity index (χ0n) is 10.8. The van der Waals surface area contributed by atoms with Crippen molar-refractivity contribution < 1.29 is 14.3 Å². The van der Waals surface area contributed by atoms with Crippen molar-refractivity contribution in [1.82, 2.24) is 15.3 Å². The summed E-state index contributed by atoms with van der Waals surface area (Å²) in [5.74, 6) is -0.278. The summed E-state index contributed by atoms with van der Waals surface area (Å²) in [6, 6.07) is 0. The van der Waals surface area contributed by atoms with E-state index in [1.54, 1.807) is 16.9 Å². The molecule has 0 unspecified atom stereocenters. The molecule has 6 nitrogen and oxygen atoms in total. The first kappa shape index (κ1) is 14.7. The number of thiocarbonyl (C=S) groups is 1. The fourth-order valence-electron chi connectivity index (χ4n) is 1.75. The minimum Gasteiger partial charge on any atom is -0.466 e. The van der Waals surface area contributed by atoms with Crippen LogP contribution in [0.5, 0.6) is 0 Å². The Kier molecular flexibility index (Phi) is 5.84. The highest BCUT2D eigenvalue weighted by molar-refractivity contribution is 7.80. The zero-order valence-corrected chi connectivity index (χ0v) is 11.6. The van der Waals surface area contributed by atoms with Crippen LogP contribution in [0.25, 0.3) is 0 Å². The van der Waals surface area contributed by atoms with E-state index >= 15 is 0 Å². The number of hydrazine groups is 1. The van der Waals surface area contributed by atoms with Gasteiger partial charge in [0.25, 0.3) is 0 Å². The summed E-state index contributed by atoms with van der Waals surface area (Å²) in [7, 11) is 0. The number of amides is 1. The number of carbonyl (C=O) groups excluding carboxylic acids is 2. The standard InChI is InChI=1S/C11H19N3O3S/c1-3-17-10(16)5-6-12-11(18)14-8-4-7-13(14)9(2)15/h3-8H2,1-2H3,(H,12,18). The first-order valence-corrected chi connectivity index (χ1v) is 6.46. The van der Waals surface area contributed by atoms with Crippen molar-refractivity contribution in [3.8, 4) is 0 Å². The van der Waals surface area contributed by atoms with Gasteiger partial charge in [0.1, 0.15) is 0 Å². The van der Waals surface area contributed by atoms with Crippen LogP contribution < -0.4 is 5.32 Å². The van der Waals surface area contributed by atoms with Crippen LogP contribution in [0.15, 0.2) is 0 Å². The fourth-order valence-corrected chi connectivity index (χ4v) is 2.04. The van der Waals surface area contributed by atoms with E-state index in [-0.39, 0.29) is 18.3 Å². The van der Waals surface area contributed by atoms with E-state index < -0.39 is 0 Å². The Morgan fingerprint density at radius 2 is 2.00 bits per heavy atom. The molecule has 1 N–H and O–H groups in total. The normalized spacial score (nSPS) is 14.6. The maximum Gasteiger partial charge on any atom is 0.307 e. The van der Waals surface area contributed by atoms with Crippen LogP contribution in [-0.2, 0) is 14.3 Å². The van der Waals surface area contributed by atoms with E-state index in [0.717, 1.165) is 13.0 Å². The lowest BCUT2D eigenvalue weighted by molar-refractivity contribution is -0.143. The summed E-state index contributed by atoms with van der Waals surface area (Å²) in [5.41, 5.74) is 0. The van der Waals surface area contributed by atoms with Gasteiger partial charge in [-0.25, -0.2) is 0 Å². The molecule has 1 heterocycles. The third-order valence-electron chi connectivity index (χ3n) is 2.54. The predicted molar refractivity (Wildman–Crippen MR) is 70.6 cm³/mol. The molecule has 1 aliphatic heterocycles. The van der Waals surface area contributed by atoms with Crippen molar-refractivity contribution in [2.45, 2.75) is 26.7 Å². The number of ether oxygens (including phenoxy) is 1. The molecular weight excluding hydrogens is 254 g/mol. The molecule has 1 saturated heterocycles. The molecule has 0 radical (unpaired) electrons. The SMILES string of the molecule is CCOC(=O)CCNC(=S)N1CCCN1C(C)=O. The topological polar surface area (TPSA) is 61.9 Å². The van der Waals surface area contributed by atoms with Crippen molar-refractivity contribution in [2.24, 2.45) is 0 Å². The largest absolute Gasteiger partial charge is 0.466 e. The molecule has 1 rings (SSSR count). The minimum atomic E-state index is -0.252. The van der Waals surface area contributed by atoms with Gasteiger partial charge in [0, 0.05) is 26.6 Å². The fraction of sp³-hybridized carbons (Fsp3) is 0.727. The lowest BCUT2D eigenvalue weighted by Crippen LogP contribution is -2.48. The van der Waals surface area contributed by atoms with Crippen LogP contribution in [-0.4, -0.2) is 53.2 Å². The van der Waals surface area contributed by atoms with Crippen LogP contribution in [0, 0.1) is 0 Å². The molecule has 1 aliphatic rings. The molecule has 0 atom stereocenters. The number of hydrogen-bond donors (Lipinski definition) is 1. The van der Waals surface area contributed by atoms with Gasteiger partial charge < -0.3 is 10.1 Å². The van der Waals surface area contributed by atoms with Gasteiger partial charge in [0.05, 0.1) is 13.0 Å². The van der Waals surface area contributed by atoms with Gasteiger partial charge >= 0.3 is 5.97 Å². The maximum absolute atomic E-state index is 11.4. The molecule has 0 aromatic rings. The lowest BCUT2D eigenvalue weighted by Gasteiger charge is -2.29. The first-order valence-electron chi connectivity index (χ1n) is 6.05. The monoisotopic (exact) mass is 273 g/mol. The molecule has 18 heavy (non-hydrogen) atoms. The molecule has 0 aromatic heterocycles. The minimum absolute atomic E-state index is 0.0259. The Hall–Kier alpha value is -1.37. The van der Waals surface area contributed by atoms with Gasteiger partial charge in [-0.15, -0.1) is 0 Å². The van der Waals surface area contributed by atoms with Gasteiger partial charge in [0.2, 0.25) is 5.91 Å². The van der Waals surface area contributed by atoms with Crippen molar-refractivity contribution >= 4 is 29.2 Å². The summed E-state index contributed by atoms with van der Waals surface area (Å²) in [5, 5.41) is 6.79. The van der Waals surface area contributed by atoms with Crippen LogP contribution >= 0.6 is 12.2 Å². The van der Waals surface area contributed by atoms with Crippen molar-refractivity contribution in [2.75, 3.05) is 26.2 Å². The second-order valence-corrected chi connectivity index (χ2v) is 4.29. The third-order valence-corrected chi connectivity index (χ3v) is 2.89. The van der Waals surface area contributed by atoms with E-state index in [0.29, 0.717) is 24.8 Å². The van der Waals surface area contributed by atoms with E-state index in [1.807, 2.05) is 0 Å². The van der Waals surface area contributed by atoms with E-state index in [4.69, 9.17) is 17.0 Å². The average Bonchev–Trinajstić information content (AvgIpc) is 2.78. The van der Waals surface area contributed by atoms with E-state index in [1.165, 1.54) is 6.92 Å². The second kappa shape index (κ2) is 7.15. The van der Waals surface area contributed by atoms with Crippen LogP contribution in [0.1, 0.15) is 26.7 Å². The van der Waals surface area contributed by atoms with Gasteiger partial charge in [-0.05, 0) is 25.6 Å². The Morgan fingerprint density at radius 3 is 2.61 bits per heavy atom. The zero-order chi connectivity index (χ0) is 13.5. The van der Waals surface area contributed by atoms with Crippen LogP contribution in [0.4, 0.5) is 0 Å². The van der Waals surface area contributed by atoms with Gasteiger partial charge in [-0.1, -0.05) is 0 Å². The summed E-state index contributed by atoms with van der Waals surface area (Å²) in [6.07, 6.45) is 1.17. The Bertz CT molecular complexity index is 335. The molecule has 102 valence electrons. The Labute approximate surface area is 112 Å². The number of hydrogen-bond acceptors (Lipinski definition) is 4. The quantitative estimate of drug-likeness (QED) is 0.586. The summed E-state index contributed by atoms with van der Waals surface area (Å²) >= 11 is 5.20. The molecule has 0 bridgehead atoms. The third kappa shape index (κ3) is 4.14. The molecule has 1 fully saturated rings. The Balaban J connectivity index is 2.32. The average molecular weight is 273 g/mol. The lowest BCUT2D eigenvalue weighted by atomic mass is 10.4. The molecular formula is C11H19N3O3S. The van der Waals surface area contributed by atoms with E-state index in [9.17, 15) is 9.59 Å². The number of esters is 1. The van der Waals surface area contributed by atoms with Crippen molar-refractivity contribution in [3.63, 3.8) is 0 Å². The van der Waals surface area contributed by atoms with Crippen molar-refractivity contribution in [1.29, 1.82) is 0 Å². The van der Waals surface area contributed by atoms with Crippen LogP contribution in [0.3, 0.4) is 0 Å². The molecule has 0 spiro atoms. The first-order chi connectivity index (χ1) is 8.56. The highest BCUT2D eigenvalue weighted by Crippen LogP contribution is 2.10. The van der Waals surface area contributed by atoms with Crippen molar-refractivity contribution in [3.05, 3.63) is 0 Å². The smallest absolute Gasteiger partial charge is 0.307 e. The molecule has 0 aliphatic carbocycles. The molecule has 0 aromatic carbocycles. The number of nitrogens with one attached hydrogen (secondary N) is 1. The maximum atomic E-state index is 11.4. The summed E-state index contributed by atoms with van der Waals surface area (Å²) in [4.78, 5) is 22.5. The highest BCUT2D eigenvalue weighted by Gasteiger charge is 2.26. The van der Waals surface area contributed by atoms with Gasteiger partial charge in [-0.3, -0.25) is 19.6 Å². The van der Waals surface area contributed by atoms with Gasteiger partial charge in [-0.2, -0.15) is 0 Å².